The van der Waals surface area contributed by atoms with Crippen molar-refractivity contribution < 1.29 is 13.9 Å². The van der Waals surface area contributed by atoms with Crippen LogP contribution in [0.3, 0.4) is 0 Å². The molecule has 17 heavy (non-hydrogen) atoms. The molecule has 1 aliphatic rings. The number of furan rings is 1. The van der Waals surface area contributed by atoms with Gasteiger partial charge >= 0.3 is 0 Å². The van der Waals surface area contributed by atoms with Crippen LogP contribution < -0.4 is 5.32 Å². The van der Waals surface area contributed by atoms with Crippen LogP contribution in [0.25, 0.3) is 0 Å². The molecule has 1 aromatic rings. The van der Waals surface area contributed by atoms with Crippen LogP contribution >= 0.6 is 0 Å². The molecule has 1 N–H and O–H groups in total. The van der Waals surface area contributed by atoms with E-state index in [4.69, 9.17) is 13.9 Å². The predicted molar refractivity (Wildman–Crippen MR) is 65.2 cm³/mol. The molecular formula is C13H21NO3. The zero-order chi connectivity index (χ0) is 12.3. The second kappa shape index (κ2) is 5.67. The number of hydrogen-bond donors (Lipinski definition) is 1. The Morgan fingerprint density at radius 3 is 2.82 bits per heavy atom. The summed E-state index contributed by atoms with van der Waals surface area (Å²) in [5.41, 5.74) is 1.22. The van der Waals surface area contributed by atoms with Crippen molar-refractivity contribution in [3.63, 3.8) is 0 Å². The molecule has 1 fully saturated rings. The molecule has 4 heteroatoms. The van der Waals surface area contributed by atoms with Gasteiger partial charge in [-0.3, -0.25) is 0 Å². The highest BCUT2D eigenvalue weighted by atomic mass is 16.6. The van der Waals surface area contributed by atoms with Crippen molar-refractivity contribution in [2.45, 2.75) is 32.9 Å². The Hall–Kier alpha value is -0.840. The van der Waals surface area contributed by atoms with Gasteiger partial charge in [-0.1, -0.05) is 0 Å². The third-order valence-corrected chi connectivity index (χ3v) is 3.08. The molecule has 2 heterocycles. The quantitative estimate of drug-likeness (QED) is 0.872. The van der Waals surface area contributed by atoms with Crippen LogP contribution in [0.4, 0.5) is 0 Å². The average molecular weight is 239 g/mol. The van der Waals surface area contributed by atoms with E-state index in [-0.39, 0.29) is 12.1 Å². The van der Waals surface area contributed by atoms with Crippen molar-refractivity contribution in [1.29, 1.82) is 0 Å². The van der Waals surface area contributed by atoms with E-state index >= 15 is 0 Å². The molecule has 0 bridgehead atoms. The van der Waals surface area contributed by atoms with Crippen LogP contribution in [-0.2, 0) is 9.47 Å². The Balaban J connectivity index is 1.84. The number of aryl methyl sites for hydroxylation is 2. The molecule has 1 aromatic heterocycles. The molecule has 1 aliphatic heterocycles. The molecule has 4 nitrogen and oxygen atoms in total. The molecule has 0 saturated carbocycles. The van der Waals surface area contributed by atoms with Crippen LogP contribution in [0.1, 0.15) is 30.0 Å². The SMILES string of the molecule is Cc1cc(C(C)NCC2COCCO2)c(C)o1. The smallest absolute Gasteiger partial charge is 0.105 e. The van der Waals surface area contributed by atoms with Crippen molar-refractivity contribution in [1.82, 2.24) is 5.32 Å². The Morgan fingerprint density at radius 1 is 1.41 bits per heavy atom. The Kier molecular flexibility index (Phi) is 4.20. The van der Waals surface area contributed by atoms with Gasteiger partial charge in [-0.05, 0) is 26.8 Å². The summed E-state index contributed by atoms with van der Waals surface area (Å²) in [5, 5.41) is 3.46. The minimum Gasteiger partial charge on any atom is -0.466 e. The van der Waals surface area contributed by atoms with Gasteiger partial charge in [0.05, 0.1) is 25.9 Å². The Morgan fingerprint density at radius 2 is 2.24 bits per heavy atom. The normalized spacial score (nSPS) is 22.6. The minimum absolute atomic E-state index is 0.166. The Labute approximate surface area is 102 Å². The highest BCUT2D eigenvalue weighted by Gasteiger charge is 2.17. The van der Waals surface area contributed by atoms with Crippen molar-refractivity contribution in [2.75, 3.05) is 26.4 Å². The van der Waals surface area contributed by atoms with E-state index in [1.54, 1.807) is 0 Å². The van der Waals surface area contributed by atoms with Gasteiger partial charge in [-0.15, -0.1) is 0 Å². The summed E-state index contributed by atoms with van der Waals surface area (Å²) in [7, 11) is 0. The van der Waals surface area contributed by atoms with Gasteiger partial charge in [0.1, 0.15) is 11.5 Å². The summed E-state index contributed by atoms with van der Waals surface area (Å²) in [6, 6.07) is 2.36. The van der Waals surface area contributed by atoms with Gasteiger partial charge in [0.25, 0.3) is 0 Å². The summed E-state index contributed by atoms with van der Waals surface area (Å²) < 4.78 is 16.5. The lowest BCUT2D eigenvalue weighted by atomic mass is 10.1. The highest BCUT2D eigenvalue weighted by molar-refractivity contribution is 5.23. The van der Waals surface area contributed by atoms with E-state index in [1.165, 1.54) is 5.56 Å². The first-order valence-corrected chi connectivity index (χ1v) is 6.16. The lowest BCUT2D eigenvalue weighted by molar-refractivity contribution is -0.0869. The summed E-state index contributed by atoms with van der Waals surface area (Å²) in [6.07, 6.45) is 0.166. The van der Waals surface area contributed by atoms with E-state index in [9.17, 15) is 0 Å². The van der Waals surface area contributed by atoms with Crippen LogP contribution in [0, 0.1) is 13.8 Å². The van der Waals surface area contributed by atoms with E-state index < -0.39 is 0 Å². The largest absolute Gasteiger partial charge is 0.466 e. The highest BCUT2D eigenvalue weighted by Crippen LogP contribution is 2.21. The van der Waals surface area contributed by atoms with Crippen molar-refractivity contribution in [3.8, 4) is 0 Å². The summed E-state index contributed by atoms with van der Waals surface area (Å²) in [5.74, 6) is 1.95. The maximum absolute atomic E-state index is 5.59. The number of hydrogen-bond acceptors (Lipinski definition) is 4. The van der Waals surface area contributed by atoms with Crippen molar-refractivity contribution in [3.05, 3.63) is 23.2 Å². The summed E-state index contributed by atoms with van der Waals surface area (Å²) in [4.78, 5) is 0. The van der Waals surface area contributed by atoms with Crippen molar-refractivity contribution in [2.24, 2.45) is 0 Å². The van der Waals surface area contributed by atoms with E-state index in [2.05, 4.69) is 18.3 Å². The molecule has 2 unspecified atom stereocenters. The molecule has 0 amide bonds. The van der Waals surface area contributed by atoms with E-state index in [1.807, 2.05) is 13.8 Å². The molecule has 1 saturated heterocycles. The summed E-state index contributed by atoms with van der Waals surface area (Å²) >= 11 is 0. The predicted octanol–water partition coefficient (Wildman–Crippen LogP) is 1.96. The number of nitrogens with one attached hydrogen (secondary N) is 1. The van der Waals surface area contributed by atoms with Gasteiger partial charge in [0.2, 0.25) is 0 Å². The lowest BCUT2D eigenvalue weighted by Gasteiger charge is -2.24. The monoisotopic (exact) mass is 239 g/mol. The maximum atomic E-state index is 5.59. The molecule has 2 atom stereocenters. The summed E-state index contributed by atoms with van der Waals surface area (Å²) in [6.45, 7) is 9.02. The molecule has 0 aliphatic carbocycles. The van der Waals surface area contributed by atoms with E-state index in [0.29, 0.717) is 19.8 Å². The second-order valence-electron chi connectivity index (χ2n) is 4.57. The van der Waals surface area contributed by atoms with Gasteiger partial charge in [-0.2, -0.15) is 0 Å². The maximum Gasteiger partial charge on any atom is 0.105 e. The fraction of sp³-hybridized carbons (Fsp3) is 0.692. The van der Waals surface area contributed by atoms with Crippen LogP contribution in [-0.4, -0.2) is 32.5 Å². The topological polar surface area (TPSA) is 43.6 Å². The molecule has 96 valence electrons. The zero-order valence-electron chi connectivity index (χ0n) is 10.8. The van der Waals surface area contributed by atoms with Crippen LogP contribution in [0.5, 0.6) is 0 Å². The fourth-order valence-electron chi connectivity index (χ4n) is 2.15. The number of rotatable bonds is 4. The zero-order valence-corrected chi connectivity index (χ0v) is 10.8. The molecule has 0 spiro atoms. The van der Waals surface area contributed by atoms with Gasteiger partial charge in [0, 0.05) is 18.2 Å². The second-order valence-corrected chi connectivity index (χ2v) is 4.57. The third kappa shape index (κ3) is 3.31. The first kappa shape index (κ1) is 12.6. The first-order chi connectivity index (χ1) is 8.16. The van der Waals surface area contributed by atoms with Gasteiger partial charge < -0.3 is 19.2 Å². The standard InChI is InChI=1S/C13H21NO3/c1-9-6-13(11(3)17-9)10(2)14-7-12-8-15-4-5-16-12/h6,10,12,14H,4-5,7-8H2,1-3H3. The number of ether oxygens (including phenoxy) is 2. The molecule has 0 radical (unpaired) electrons. The lowest BCUT2D eigenvalue weighted by Crippen LogP contribution is -2.38. The molecule has 0 aromatic carbocycles. The third-order valence-electron chi connectivity index (χ3n) is 3.08. The molecule has 2 rings (SSSR count). The first-order valence-electron chi connectivity index (χ1n) is 6.16. The average Bonchev–Trinajstić information content (AvgIpc) is 2.67. The van der Waals surface area contributed by atoms with E-state index in [0.717, 1.165) is 18.1 Å². The Bertz CT molecular complexity index is 356. The van der Waals surface area contributed by atoms with Gasteiger partial charge in [-0.25, -0.2) is 0 Å². The van der Waals surface area contributed by atoms with Gasteiger partial charge in [0.15, 0.2) is 0 Å². The van der Waals surface area contributed by atoms with Crippen molar-refractivity contribution >= 4 is 0 Å². The van der Waals surface area contributed by atoms with Crippen LogP contribution in [0.2, 0.25) is 0 Å². The fourth-order valence-corrected chi connectivity index (χ4v) is 2.15. The minimum atomic E-state index is 0.166. The molecular weight excluding hydrogens is 218 g/mol. The van der Waals surface area contributed by atoms with Crippen LogP contribution in [0.15, 0.2) is 10.5 Å².